The van der Waals surface area contributed by atoms with E-state index in [1.807, 2.05) is 134 Å². The van der Waals surface area contributed by atoms with Crippen LogP contribution in [0.5, 0.6) is 5.75 Å². The van der Waals surface area contributed by atoms with Crippen molar-refractivity contribution in [3.05, 3.63) is 185 Å². The number of hydrogen-bond donors (Lipinski definition) is 2. The Morgan fingerprint density at radius 3 is 1.75 bits per heavy atom. The van der Waals surface area contributed by atoms with Gasteiger partial charge < -0.3 is 15.2 Å². The van der Waals surface area contributed by atoms with Crippen LogP contribution >= 0.6 is 7.37 Å². The minimum absolute atomic E-state index is 0.222. The van der Waals surface area contributed by atoms with Crippen molar-refractivity contribution in [2.45, 2.75) is 12.1 Å². The van der Waals surface area contributed by atoms with E-state index in [9.17, 15) is 9.59 Å². The summed E-state index contributed by atoms with van der Waals surface area (Å²) in [5.74, 6) is 0.0337. The number of hydrogen-bond acceptors (Lipinski definition) is 4. The van der Waals surface area contributed by atoms with Crippen molar-refractivity contribution in [3.8, 4) is 16.9 Å². The monoisotopic (exact) mass is 648 g/mol. The SMILES string of the molecule is CNC(=O)c1ccc(C(=O)Nc2ccc(C(c3ccccc3)(c3ccc(C)cc3)P3(=O)Oc4ccccc4-c4ccccc43)cc2)cc1. The van der Waals surface area contributed by atoms with Crippen molar-refractivity contribution >= 4 is 30.2 Å². The van der Waals surface area contributed by atoms with Crippen LogP contribution in [0, 0.1) is 6.92 Å². The fraction of sp³-hybridized carbons (Fsp3) is 0.0732. The molecular weight excluding hydrogens is 615 g/mol. The fourth-order valence-electron chi connectivity index (χ4n) is 6.56. The van der Waals surface area contributed by atoms with Crippen molar-refractivity contribution in [1.82, 2.24) is 5.32 Å². The molecule has 7 rings (SSSR count). The van der Waals surface area contributed by atoms with Crippen molar-refractivity contribution in [1.29, 1.82) is 0 Å². The highest BCUT2D eigenvalue weighted by Crippen LogP contribution is 2.71. The summed E-state index contributed by atoms with van der Waals surface area (Å²) >= 11 is 0. The molecule has 0 aromatic heterocycles. The van der Waals surface area contributed by atoms with Gasteiger partial charge in [0.2, 0.25) is 0 Å². The number of nitrogens with one attached hydrogen (secondary N) is 2. The van der Waals surface area contributed by atoms with Crippen LogP contribution < -0.4 is 20.5 Å². The third kappa shape index (κ3) is 5.11. The van der Waals surface area contributed by atoms with Crippen LogP contribution in [-0.2, 0) is 9.72 Å². The zero-order valence-electron chi connectivity index (χ0n) is 26.5. The zero-order chi connectivity index (χ0) is 33.3. The van der Waals surface area contributed by atoms with Crippen LogP contribution in [0.2, 0.25) is 0 Å². The summed E-state index contributed by atoms with van der Waals surface area (Å²) < 4.78 is 23.2. The summed E-state index contributed by atoms with van der Waals surface area (Å²) in [5, 5.41) is 4.93. The maximum atomic E-state index is 16.4. The second kappa shape index (κ2) is 12.5. The molecule has 0 bridgehead atoms. The first-order valence-corrected chi connectivity index (χ1v) is 17.3. The minimum Gasteiger partial charge on any atom is -0.438 e. The van der Waals surface area contributed by atoms with Gasteiger partial charge in [0.1, 0.15) is 10.9 Å². The Morgan fingerprint density at radius 1 is 0.583 bits per heavy atom. The highest BCUT2D eigenvalue weighted by molar-refractivity contribution is 7.69. The molecule has 1 heterocycles. The number of para-hydroxylation sites is 1. The number of rotatable bonds is 7. The molecule has 7 heteroatoms. The van der Waals surface area contributed by atoms with E-state index >= 15 is 4.57 Å². The summed E-state index contributed by atoms with van der Waals surface area (Å²) in [5.41, 5.74) is 6.70. The molecule has 0 fully saturated rings. The molecule has 2 unspecified atom stereocenters. The summed E-state index contributed by atoms with van der Waals surface area (Å²) in [6.45, 7) is 2.03. The lowest BCUT2D eigenvalue weighted by Gasteiger charge is -2.44. The number of carbonyl (C=O) groups excluding carboxylic acids is 2. The van der Waals surface area contributed by atoms with E-state index in [1.165, 1.54) is 0 Å². The molecule has 1 aliphatic rings. The molecule has 2 atom stereocenters. The summed E-state index contributed by atoms with van der Waals surface area (Å²) in [7, 11) is -2.32. The molecule has 1 aliphatic heterocycles. The first-order chi connectivity index (χ1) is 23.3. The van der Waals surface area contributed by atoms with Crippen molar-refractivity contribution in [2.24, 2.45) is 0 Å². The van der Waals surface area contributed by atoms with Gasteiger partial charge in [-0.25, -0.2) is 0 Å². The first kappa shape index (κ1) is 30.9. The van der Waals surface area contributed by atoms with Gasteiger partial charge in [0.05, 0.1) is 5.30 Å². The third-order valence-electron chi connectivity index (χ3n) is 8.92. The van der Waals surface area contributed by atoms with Crippen LogP contribution in [0.15, 0.2) is 152 Å². The van der Waals surface area contributed by atoms with Crippen LogP contribution in [0.3, 0.4) is 0 Å². The van der Waals surface area contributed by atoms with E-state index in [1.54, 1.807) is 31.3 Å². The Morgan fingerprint density at radius 2 is 1.10 bits per heavy atom. The number of benzene rings is 6. The number of carbonyl (C=O) groups is 2. The maximum Gasteiger partial charge on any atom is 0.296 e. The lowest BCUT2D eigenvalue weighted by molar-refractivity contribution is 0.0961. The van der Waals surface area contributed by atoms with E-state index in [0.717, 1.165) is 33.4 Å². The molecule has 0 aliphatic carbocycles. The molecule has 0 saturated carbocycles. The summed E-state index contributed by atoms with van der Waals surface area (Å²) in [6, 6.07) is 47.5. The molecule has 6 aromatic rings. The number of aryl methyl sites for hydroxylation is 1. The van der Waals surface area contributed by atoms with Gasteiger partial charge >= 0.3 is 0 Å². The number of fused-ring (bicyclic) bond motifs is 3. The Labute approximate surface area is 279 Å². The van der Waals surface area contributed by atoms with E-state index < -0.39 is 12.5 Å². The van der Waals surface area contributed by atoms with Gasteiger partial charge in [0, 0.05) is 29.4 Å². The first-order valence-electron chi connectivity index (χ1n) is 15.7. The Balaban J connectivity index is 1.40. The Kier molecular flexibility index (Phi) is 8.04. The van der Waals surface area contributed by atoms with Gasteiger partial charge in [-0.15, -0.1) is 0 Å². The Hall–Kier alpha value is -5.71. The molecule has 2 N–H and O–H groups in total. The maximum absolute atomic E-state index is 16.4. The van der Waals surface area contributed by atoms with Crippen LogP contribution in [0.1, 0.15) is 43.0 Å². The van der Waals surface area contributed by atoms with Gasteiger partial charge in [-0.05, 0) is 77.7 Å². The molecular formula is C41H33N2O4P. The highest BCUT2D eigenvalue weighted by Gasteiger charge is 2.57. The third-order valence-corrected chi connectivity index (χ3v) is 12.1. The van der Waals surface area contributed by atoms with Crippen molar-refractivity contribution in [3.63, 3.8) is 0 Å². The standard InChI is InChI=1S/C41H33N2O4P/c1-28-16-22-32(23-17-28)41(31-10-4-3-5-11-31,48(46)38-15-9-7-13-36(38)35-12-6-8-14-37(35)47-48)33-24-26-34(27-25-33)43-40(45)30-20-18-29(19-21-30)39(44)42-2/h3-27H,1-2H3,(H,42,44)(H,43,45). The van der Waals surface area contributed by atoms with Gasteiger partial charge in [-0.3, -0.25) is 14.2 Å². The predicted octanol–water partition coefficient (Wildman–Crippen LogP) is 8.56. The molecule has 2 amide bonds. The lowest BCUT2D eigenvalue weighted by Crippen LogP contribution is -2.38. The zero-order valence-corrected chi connectivity index (χ0v) is 27.4. The predicted molar refractivity (Wildman–Crippen MR) is 191 cm³/mol. The molecule has 236 valence electrons. The lowest BCUT2D eigenvalue weighted by atomic mass is 9.83. The molecule has 48 heavy (non-hydrogen) atoms. The van der Waals surface area contributed by atoms with Crippen LogP contribution in [0.4, 0.5) is 5.69 Å². The second-order valence-electron chi connectivity index (χ2n) is 11.8. The summed E-state index contributed by atoms with van der Waals surface area (Å²) in [6.07, 6.45) is 0. The molecule has 0 saturated heterocycles. The van der Waals surface area contributed by atoms with Gasteiger partial charge in [-0.1, -0.05) is 109 Å². The van der Waals surface area contributed by atoms with Crippen LogP contribution in [0.25, 0.3) is 11.1 Å². The average Bonchev–Trinajstić information content (AvgIpc) is 3.13. The number of amides is 2. The minimum atomic E-state index is -3.88. The van der Waals surface area contributed by atoms with E-state index in [2.05, 4.69) is 10.6 Å². The van der Waals surface area contributed by atoms with Gasteiger partial charge in [-0.2, -0.15) is 0 Å². The largest absolute Gasteiger partial charge is 0.438 e. The molecule has 0 spiro atoms. The normalized spacial score (nSPS) is 16.0. The van der Waals surface area contributed by atoms with Crippen LogP contribution in [-0.4, -0.2) is 18.9 Å². The quantitative estimate of drug-likeness (QED) is 0.134. The smallest absolute Gasteiger partial charge is 0.296 e. The van der Waals surface area contributed by atoms with Gasteiger partial charge in [0.25, 0.3) is 19.2 Å². The highest BCUT2D eigenvalue weighted by atomic mass is 31.2. The van der Waals surface area contributed by atoms with Crippen molar-refractivity contribution < 1.29 is 18.7 Å². The van der Waals surface area contributed by atoms with Gasteiger partial charge in [0.15, 0.2) is 0 Å². The van der Waals surface area contributed by atoms with Crippen molar-refractivity contribution in [2.75, 3.05) is 12.4 Å². The summed E-state index contributed by atoms with van der Waals surface area (Å²) in [4.78, 5) is 25.1. The molecule has 6 nitrogen and oxygen atoms in total. The van der Waals surface area contributed by atoms with E-state index in [-0.39, 0.29) is 11.8 Å². The number of anilines is 1. The van der Waals surface area contributed by atoms with E-state index in [4.69, 9.17) is 4.52 Å². The topological polar surface area (TPSA) is 84.5 Å². The average molecular weight is 649 g/mol. The fourth-order valence-corrected chi connectivity index (χ4v) is 9.86. The van der Waals surface area contributed by atoms with E-state index in [0.29, 0.717) is 27.9 Å². The Bertz CT molecular complexity index is 2180. The molecule has 0 radical (unpaired) electrons. The molecule has 6 aromatic carbocycles. The second-order valence-corrected chi connectivity index (χ2v) is 14.2.